The van der Waals surface area contributed by atoms with Crippen molar-refractivity contribution in [2.24, 2.45) is 50.2 Å². The van der Waals surface area contributed by atoms with Crippen molar-refractivity contribution in [3.05, 3.63) is 11.6 Å². The minimum absolute atomic E-state index is 0.00166. The van der Waals surface area contributed by atoms with E-state index in [1.807, 2.05) is 0 Å². The Morgan fingerprint density at radius 1 is 0.448 bits per heavy atom. The third kappa shape index (κ3) is 14.6. The molecule has 105 heavy (non-hydrogen) atoms. The monoisotopic (exact) mass is 1510 g/mol. The topological polar surface area (TPSA) is 551 Å². The molecular formula is C70H114O35. The van der Waals surface area contributed by atoms with Gasteiger partial charge in [0.15, 0.2) is 37.7 Å². The number of carbonyl (C=O) groups excluding carboxylic acids is 1. The first-order valence-corrected chi connectivity index (χ1v) is 37.0. The Morgan fingerprint density at radius 2 is 0.933 bits per heavy atom. The van der Waals surface area contributed by atoms with Crippen molar-refractivity contribution in [3.63, 3.8) is 0 Å². The molecular weight excluding hydrogens is 1400 g/mol. The van der Waals surface area contributed by atoms with E-state index in [9.17, 15) is 102 Å². The molecule has 2 unspecified atom stereocenters. The van der Waals surface area contributed by atoms with Crippen molar-refractivity contribution in [2.75, 3.05) is 39.6 Å². The molecule has 35 heteroatoms. The molecule has 4 saturated carbocycles. The molecule has 12 rings (SSSR count). The van der Waals surface area contributed by atoms with E-state index in [1.54, 1.807) is 0 Å². The van der Waals surface area contributed by atoms with Gasteiger partial charge in [-0.05, 0) is 116 Å². The lowest BCUT2D eigenvalue weighted by Crippen LogP contribution is -2.67. The van der Waals surface area contributed by atoms with E-state index in [-0.39, 0.29) is 34.0 Å². The summed E-state index contributed by atoms with van der Waals surface area (Å²) in [5.41, 5.74) is -1.86. The van der Waals surface area contributed by atoms with Gasteiger partial charge in [-0.3, -0.25) is 4.79 Å². The van der Waals surface area contributed by atoms with Crippen LogP contribution in [0.25, 0.3) is 0 Å². The molecule has 0 bridgehead atoms. The number of ether oxygens (including phenoxy) is 14. The fraction of sp³-hybridized carbons (Fsp3) is 0.957. The summed E-state index contributed by atoms with van der Waals surface area (Å²) in [6, 6.07) is 0. The van der Waals surface area contributed by atoms with E-state index >= 15 is 4.79 Å². The minimum atomic E-state index is -1.99. The average Bonchev–Trinajstić information content (AvgIpc) is 0.675. The van der Waals surface area contributed by atoms with E-state index in [2.05, 4.69) is 54.5 Å². The first-order chi connectivity index (χ1) is 49.3. The summed E-state index contributed by atoms with van der Waals surface area (Å²) in [5.74, 6) is -0.838. The summed E-state index contributed by atoms with van der Waals surface area (Å²) in [4.78, 5) is 15.3. The summed E-state index contributed by atoms with van der Waals surface area (Å²) >= 11 is 0. The first kappa shape index (κ1) is 82.4. The number of esters is 1. The van der Waals surface area contributed by atoms with Gasteiger partial charge in [-0.2, -0.15) is 0 Å². The maximum Gasteiger partial charge on any atom is 0.315 e. The van der Waals surface area contributed by atoms with E-state index in [4.69, 9.17) is 66.3 Å². The molecule has 604 valence electrons. The third-order valence-corrected chi connectivity index (χ3v) is 27.0. The lowest BCUT2D eigenvalue weighted by Gasteiger charge is -2.71. The summed E-state index contributed by atoms with van der Waals surface area (Å²) < 4.78 is 84.0. The van der Waals surface area contributed by atoms with E-state index in [0.29, 0.717) is 51.4 Å². The number of hydrogen-bond donors (Lipinski definition) is 20. The zero-order chi connectivity index (χ0) is 76.4. The van der Waals surface area contributed by atoms with Crippen LogP contribution < -0.4 is 0 Å². The molecule has 0 aromatic carbocycles. The molecule has 41 atom stereocenters. The number of rotatable bonds is 18. The Balaban J connectivity index is 0.753. The highest BCUT2D eigenvalue weighted by Crippen LogP contribution is 2.76. The lowest BCUT2D eigenvalue weighted by molar-refractivity contribution is -0.391. The predicted octanol–water partition coefficient (Wildman–Crippen LogP) is -6.26. The Kier molecular flexibility index (Phi) is 24.6. The summed E-state index contributed by atoms with van der Waals surface area (Å²) in [6.07, 6.45) is -48.2. The van der Waals surface area contributed by atoms with Crippen molar-refractivity contribution in [1.29, 1.82) is 0 Å². The fourth-order valence-corrected chi connectivity index (χ4v) is 20.2. The number of aliphatic hydroxyl groups excluding tert-OH is 20. The number of carbonyl (C=O) groups is 1. The standard InChI is InChI=1S/C70H114O35/c1-26-38(74)55(103-58-49(85)43(79)33(24-93-58)99-59-51(87)46(82)40(76)30(21-72)97-59)54(90)62(95-26)104-56-44(80)34(101-60-52(88)47(83)41(77)31(22-73)98-60)25-94-63(56)102-37-12-13-67(6)35(66(37,4)5)11-14-69(8)36(67)10-9-27-28-19-65(2,3)15-17-70(28,18-16-68(27,69)7)64(91)105-61-53(89)48(84)42(78)32(100-61)23-92-57-50(86)45(81)39(75)29(20-71)96-57/h9,26,28-63,71-90H,10-25H2,1-8H3/t26-,28-,29+,30+,31+,32+,33+,34-,35?,36?,37-,38-,39+,40+,41+,42+,43-,44-,45-,46-,47-,48-,49+,50+,51+,52+,53+,54+,55+,56+,57+,58-,59-,60-,61-,62-,63-,67-,68+,69+,70-/m0/s1. The summed E-state index contributed by atoms with van der Waals surface area (Å²) in [5, 5.41) is 217. The third-order valence-electron chi connectivity index (χ3n) is 27.0. The molecule has 0 aromatic rings. The van der Waals surface area contributed by atoms with E-state index in [0.717, 1.165) is 12.8 Å². The molecule has 20 N–H and O–H groups in total. The van der Waals surface area contributed by atoms with Crippen LogP contribution in [-0.4, -0.2) is 357 Å². The van der Waals surface area contributed by atoms with Crippen molar-refractivity contribution in [3.8, 4) is 0 Å². The predicted molar refractivity (Wildman–Crippen MR) is 347 cm³/mol. The van der Waals surface area contributed by atoms with Crippen LogP contribution in [0.3, 0.4) is 0 Å². The van der Waals surface area contributed by atoms with Crippen molar-refractivity contribution >= 4 is 5.97 Å². The molecule has 0 radical (unpaired) electrons. The van der Waals surface area contributed by atoms with Crippen LogP contribution in [0.15, 0.2) is 11.6 Å². The Bertz CT molecular complexity index is 2970. The van der Waals surface area contributed by atoms with Crippen LogP contribution in [0.5, 0.6) is 0 Å². The molecule has 7 aliphatic heterocycles. The van der Waals surface area contributed by atoms with E-state index in [1.165, 1.54) is 12.5 Å². The number of hydrogen-bond acceptors (Lipinski definition) is 35. The van der Waals surface area contributed by atoms with Gasteiger partial charge in [-0.15, -0.1) is 0 Å². The maximum absolute atomic E-state index is 15.3. The molecule has 12 aliphatic rings. The summed E-state index contributed by atoms with van der Waals surface area (Å²) in [6.45, 7) is 13.1. The summed E-state index contributed by atoms with van der Waals surface area (Å²) in [7, 11) is 0. The molecule has 7 saturated heterocycles. The van der Waals surface area contributed by atoms with Gasteiger partial charge in [-0.25, -0.2) is 0 Å². The van der Waals surface area contributed by atoms with Crippen LogP contribution in [0, 0.1) is 50.2 Å². The Hall–Kier alpha value is -2.11. The van der Waals surface area contributed by atoms with Gasteiger partial charge >= 0.3 is 5.97 Å². The zero-order valence-corrected chi connectivity index (χ0v) is 60.3. The normalized spacial score (nSPS) is 54.2. The van der Waals surface area contributed by atoms with Crippen LogP contribution in [0.2, 0.25) is 0 Å². The number of fused-ring (bicyclic) bond motifs is 7. The van der Waals surface area contributed by atoms with Crippen LogP contribution >= 0.6 is 0 Å². The quantitative estimate of drug-likeness (QED) is 0.0345. The van der Waals surface area contributed by atoms with Crippen LogP contribution in [-0.2, 0) is 71.1 Å². The maximum atomic E-state index is 15.3. The van der Waals surface area contributed by atoms with Gasteiger partial charge in [0.25, 0.3) is 0 Å². The second-order valence-electron chi connectivity index (χ2n) is 33.8. The minimum Gasteiger partial charge on any atom is -0.432 e. The van der Waals surface area contributed by atoms with Gasteiger partial charge in [0.1, 0.15) is 153 Å². The molecule has 5 aliphatic carbocycles. The van der Waals surface area contributed by atoms with Gasteiger partial charge in [0.2, 0.25) is 6.29 Å². The lowest BCUT2D eigenvalue weighted by atomic mass is 9.33. The number of aliphatic hydroxyl groups is 20. The smallest absolute Gasteiger partial charge is 0.315 e. The molecule has 35 nitrogen and oxygen atoms in total. The number of allylic oxidation sites excluding steroid dienone is 2. The second kappa shape index (κ2) is 31.3. The van der Waals surface area contributed by atoms with Crippen molar-refractivity contribution in [1.82, 2.24) is 0 Å². The van der Waals surface area contributed by atoms with Crippen molar-refractivity contribution < 1.29 is 173 Å². The second-order valence-corrected chi connectivity index (χ2v) is 33.8. The van der Waals surface area contributed by atoms with Crippen LogP contribution in [0.4, 0.5) is 0 Å². The van der Waals surface area contributed by atoms with Crippen LogP contribution in [0.1, 0.15) is 120 Å². The van der Waals surface area contributed by atoms with Gasteiger partial charge in [0, 0.05) is 0 Å². The molecule has 0 spiro atoms. The van der Waals surface area contributed by atoms with Gasteiger partial charge in [-0.1, -0.05) is 60.1 Å². The largest absolute Gasteiger partial charge is 0.432 e. The molecule has 7 heterocycles. The molecule has 11 fully saturated rings. The molecule has 0 aromatic heterocycles. The van der Waals surface area contributed by atoms with E-state index < -0.39 is 271 Å². The highest BCUT2D eigenvalue weighted by atomic mass is 16.8. The van der Waals surface area contributed by atoms with Crippen molar-refractivity contribution in [2.45, 2.75) is 328 Å². The average molecular weight is 1520 g/mol. The molecule has 0 amide bonds. The van der Waals surface area contributed by atoms with Gasteiger partial charge in [0.05, 0.1) is 57.3 Å². The Labute approximate surface area is 607 Å². The van der Waals surface area contributed by atoms with Gasteiger partial charge < -0.3 is 168 Å². The highest BCUT2D eigenvalue weighted by Gasteiger charge is 2.71. The first-order valence-electron chi connectivity index (χ1n) is 37.0. The zero-order valence-electron chi connectivity index (χ0n) is 60.3. The fourth-order valence-electron chi connectivity index (χ4n) is 20.2. The Morgan fingerprint density at radius 3 is 1.51 bits per heavy atom. The highest BCUT2D eigenvalue weighted by molar-refractivity contribution is 5.79. The SMILES string of the molecule is C[C@@H]1O[C@@H](O[C@H]2[C@H](O[C@H]3CC[C@@]4(C)C(CC[C@]5(C)C4CC=C4[C@@H]6CC(C)(C)CC[C@]6(C(=O)O[C@@H]6O[C@H](CO[C@@H]7O[C@H](CO)[C@@H](O)[C@H](O)[C@H]7O)[C@@H](O)[C@H](O)[C@H]6O)CC[C@]45C)C3(C)C)OC[C@H](O[C@@H]3O[C@H](CO)[C@@H](O)[C@H](O)[C@H]3O)[C@@H]2O)[C@H](O)[C@H](O[C@@H]2OC[C@@H](O[C@@H]3O[C@H](CO)[C@@H](O)[C@H](O)[C@H]3O)[C@H](O)[C@H]2O)[C@H]1O.